The molecule has 3 atom stereocenters. The van der Waals surface area contributed by atoms with Crippen LogP contribution in [0.25, 0.3) is 0 Å². The zero-order valence-electron chi connectivity index (χ0n) is 13.7. The number of aliphatic hydroxyl groups is 1. The van der Waals surface area contributed by atoms with E-state index in [9.17, 15) is 9.90 Å². The third-order valence-electron chi connectivity index (χ3n) is 4.50. The SMILES string of the molecule is CCC(O)CC1CC(NCc2ccccc2)CN(C(C)=O)C1. The smallest absolute Gasteiger partial charge is 0.219 e. The van der Waals surface area contributed by atoms with Crippen molar-refractivity contribution in [2.75, 3.05) is 13.1 Å². The lowest BCUT2D eigenvalue weighted by Gasteiger charge is -2.38. The van der Waals surface area contributed by atoms with Gasteiger partial charge in [0.05, 0.1) is 6.10 Å². The van der Waals surface area contributed by atoms with Crippen LogP contribution in [0.15, 0.2) is 30.3 Å². The van der Waals surface area contributed by atoms with Crippen LogP contribution < -0.4 is 5.32 Å². The van der Waals surface area contributed by atoms with Gasteiger partial charge < -0.3 is 15.3 Å². The molecule has 0 radical (unpaired) electrons. The van der Waals surface area contributed by atoms with Crippen molar-refractivity contribution in [1.29, 1.82) is 0 Å². The topological polar surface area (TPSA) is 52.6 Å². The maximum atomic E-state index is 11.8. The molecule has 1 saturated heterocycles. The standard InChI is InChI=1S/C18H28N2O2/c1-3-18(22)10-16-9-17(13-20(12-16)14(2)21)19-11-15-7-5-4-6-8-15/h4-8,16-19,22H,3,9-13H2,1-2H3. The van der Waals surface area contributed by atoms with Crippen molar-refractivity contribution in [3.05, 3.63) is 35.9 Å². The van der Waals surface area contributed by atoms with E-state index in [1.807, 2.05) is 30.0 Å². The van der Waals surface area contributed by atoms with Gasteiger partial charge in [-0.25, -0.2) is 0 Å². The number of nitrogens with zero attached hydrogens (tertiary/aromatic N) is 1. The number of likely N-dealkylation sites (tertiary alicyclic amines) is 1. The average Bonchev–Trinajstić information content (AvgIpc) is 2.53. The summed E-state index contributed by atoms with van der Waals surface area (Å²) in [5.74, 6) is 0.503. The molecule has 1 fully saturated rings. The van der Waals surface area contributed by atoms with E-state index in [1.165, 1.54) is 5.56 Å². The molecule has 1 amide bonds. The van der Waals surface area contributed by atoms with Gasteiger partial charge in [-0.05, 0) is 30.7 Å². The fraction of sp³-hybridized carbons (Fsp3) is 0.611. The number of hydrogen-bond donors (Lipinski definition) is 2. The molecule has 0 aromatic heterocycles. The molecule has 1 heterocycles. The van der Waals surface area contributed by atoms with Crippen LogP contribution in [0, 0.1) is 5.92 Å². The average molecular weight is 304 g/mol. The summed E-state index contributed by atoms with van der Waals surface area (Å²) < 4.78 is 0. The highest BCUT2D eigenvalue weighted by Crippen LogP contribution is 2.23. The Morgan fingerprint density at radius 1 is 1.36 bits per heavy atom. The maximum Gasteiger partial charge on any atom is 0.219 e. The van der Waals surface area contributed by atoms with Crippen molar-refractivity contribution in [2.24, 2.45) is 5.92 Å². The number of nitrogens with one attached hydrogen (secondary N) is 1. The molecule has 122 valence electrons. The van der Waals surface area contributed by atoms with Gasteiger partial charge in [-0.15, -0.1) is 0 Å². The van der Waals surface area contributed by atoms with Crippen molar-refractivity contribution >= 4 is 5.91 Å². The van der Waals surface area contributed by atoms with E-state index in [0.717, 1.165) is 38.9 Å². The third-order valence-corrected chi connectivity index (χ3v) is 4.50. The van der Waals surface area contributed by atoms with E-state index < -0.39 is 0 Å². The van der Waals surface area contributed by atoms with Gasteiger partial charge in [0.15, 0.2) is 0 Å². The van der Waals surface area contributed by atoms with Gasteiger partial charge in [0.25, 0.3) is 0 Å². The van der Waals surface area contributed by atoms with Crippen molar-refractivity contribution in [1.82, 2.24) is 10.2 Å². The van der Waals surface area contributed by atoms with E-state index >= 15 is 0 Å². The lowest BCUT2D eigenvalue weighted by molar-refractivity contribution is -0.131. The molecule has 0 spiro atoms. The first-order valence-corrected chi connectivity index (χ1v) is 8.29. The number of aliphatic hydroxyl groups excluding tert-OH is 1. The summed E-state index contributed by atoms with van der Waals surface area (Å²) in [6, 6.07) is 10.6. The summed E-state index contributed by atoms with van der Waals surface area (Å²) in [6.07, 6.45) is 2.32. The summed E-state index contributed by atoms with van der Waals surface area (Å²) in [5.41, 5.74) is 1.26. The first kappa shape index (κ1) is 17.0. The van der Waals surface area contributed by atoms with Gasteiger partial charge in [0, 0.05) is 32.6 Å². The Morgan fingerprint density at radius 2 is 2.09 bits per heavy atom. The lowest BCUT2D eigenvalue weighted by atomic mass is 9.88. The molecule has 1 aliphatic rings. The zero-order valence-corrected chi connectivity index (χ0v) is 13.7. The second-order valence-corrected chi connectivity index (χ2v) is 6.39. The molecule has 2 N–H and O–H groups in total. The summed E-state index contributed by atoms with van der Waals surface area (Å²) in [7, 11) is 0. The van der Waals surface area contributed by atoms with E-state index in [0.29, 0.717) is 12.0 Å². The van der Waals surface area contributed by atoms with Crippen LogP contribution in [-0.2, 0) is 11.3 Å². The fourth-order valence-electron chi connectivity index (χ4n) is 3.19. The van der Waals surface area contributed by atoms with Crippen LogP contribution in [0.4, 0.5) is 0 Å². The first-order chi connectivity index (χ1) is 10.6. The molecule has 0 bridgehead atoms. The van der Waals surface area contributed by atoms with E-state index in [-0.39, 0.29) is 12.0 Å². The Bertz CT molecular complexity index is 463. The Balaban J connectivity index is 1.92. The van der Waals surface area contributed by atoms with E-state index in [1.54, 1.807) is 6.92 Å². The summed E-state index contributed by atoms with van der Waals surface area (Å²) in [5, 5.41) is 13.5. The van der Waals surface area contributed by atoms with Gasteiger partial charge in [-0.3, -0.25) is 4.79 Å². The third kappa shape index (κ3) is 5.11. The van der Waals surface area contributed by atoms with E-state index in [2.05, 4.69) is 17.4 Å². The summed E-state index contributed by atoms with van der Waals surface area (Å²) in [6.45, 7) is 5.99. The van der Waals surface area contributed by atoms with Gasteiger partial charge in [-0.2, -0.15) is 0 Å². The number of rotatable bonds is 6. The molecular weight excluding hydrogens is 276 g/mol. The van der Waals surface area contributed by atoms with Crippen molar-refractivity contribution in [3.63, 3.8) is 0 Å². The quantitative estimate of drug-likeness (QED) is 0.847. The van der Waals surface area contributed by atoms with Gasteiger partial charge >= 0.3 is 0 Å². The molecule has 4 heteroatoms. The Morgan fingerprint density at radius 3 is 2.73 bits per heavy atom. The highest BCUT2D eigenvalue weighted by molar-refractivity contribution is 5.73. The van der Waals surface area contributed by atoms with Crippen LogP contribution in [0.2, 0.25) is 0 Å². The molecule has 22 heavy (non-hydrogen) atoms. The predicted molar refractivity (Wildman–Crippen MR) is 88.3 cm³/mol. The molecule has 2 rings (SSSR count). The Hall–Kier alpha value is -1.39. The van der Waals surface area contributed by atoms with Crippen LogP contribution >= 0.6 is 0 Å². The summed E-state index contributed by atoms with van der Waals surface area (Å²) >= 11 is 0. The minimum absolute atomic E-state index is 0.127. The number of piperidine rings is 1. The highest BCUT2D eigenvalue weighted by atomic mass is 16.3. The molecule has 1 aromatic carbocycles. The minimum Gasteiger partial charge on any atom is -0.393 e. The molecular formula is C18H28N2O2. The van der Waals surface area contributed by atoms with Crippen molar-refractivity contribution in [3.8, 4) is 0 Å². The monoisotopic (exact) mass is 304 g/mol. The Kier molecular flexibility index (Phi) is 6.40. The predicted octanol–water partition coefficient (Wildman–Crippen LogP) is 2.17. The van der Waals surface area contributed by atoms with Crippen LogP contribution in [0.1, 0.15) is 38.7 Å². The fourth-order valence-corrected chi connectivity index (χ4v) is 3.19. The first-order valence-electron chi connectivity index (χ1n) is 8.29. The number of carbonyl (C=O) groups is 1. The molecule has 4 nitrogen and oxygen atoms in total. The molecule has 0 saturated carbocycles. The molecule has 1 aliphatic heterocycles. The number of carbonyl (C=O) groups excluding carboxylic acids is 1. The largest absolute Gasteiger partial charge is 0.393 e. The summed E-state index contributed by atoms with van der Waals surface area (Å²) in [4.78, 5) is 13.7. The number of benzene rings is 1. The number of amides is 1. The highest BCUT2D eigenvalue weighted by Gasteiger charge is 2.29. The van der Waals surface area contributed by atoms with Gasteiger partial charge in [-0.1, -0.05) is 37.3 Å². The maximum absolute atomic E-state index is 11.8. The Labute approximate surface area is 133 Å². The van der Waals surface area contributed by atoms with Gasteiger partial charge in [0.2, 0.25) is 5.91 Å². The molecule has 3 unspecified atom stereocenters. The number of hydrogen-bond acceptors (Lipinski definition) is 3. The van der Waals surface area contributed by atoms with Gasteiger partial charge in [0.1, 0.15) is 0 Å². The van der Waals surface area contributed by atoms with Crippen LogP contribution in [0.5, 0.6) is 0 Å². The van der Waals surface area contributed by atoms with Crippen molar-refractivity contribution in [2.45, 2.75) is 51.8 Å². The second-order valence-electron chi connectivity index (χ2n) is 6.39. The zero-order chi connectivity index (χ0) is 15.9. The van der Waals surface area contributed by atoms with Crippen LogP contribution in [-0.4, -0.2) is 41.1 Å². The van der Waals surface area contributed by atoms with Crippen LogP contribution in [0.3, 0.4) is 0 Å². The van der Waals surface area contributed by atoms with E-state index in [4.69, 9.17) is 0 Å². The molecule has 1 aromatic rings. The van der Waals surface area contributed by atoms with Crippen molar-refractivity contribution < 1.29 is 9.90 Å². The minimum atomic E-state index is -0.258. The lowest BCUT2D eigenvalue weighted by Crippen LogP contribution is -2.51. The normalized spacial score (nSPS) is 23.3. The molecule has 0 aliphatic carbocycles. The second kappa shape index (κ2) is 8.30.